The molecule has 1 aliphatic heterocycles. The van der Waals surface area contributed by atoms with E-state index in [1.165, 1.54) is 7.11 Å². The van der Waals surface area contributed by atoms with E-state index in [1.807, 2.05) is 18.2 Å². The molecule has 1 fully saturated rings. The Morgan fingerprint density at radius 3 is 2.55 bits per heavy atom. The second kappa shape index (κ2) is 9.11. The Morgan fingerprint density at radius 1 is 1.21 bits per heavy atom. The number of hydrogen-bond acceptors (Lipinski definition) is 7. The Bertz CT molecular complexity index is 974. The van der Waals surface area contributed by atoms with Crippen LogP contribution in [-0.4, -0.2) is 41.4 Å². The van der Waals surface area contributed by atoms with Crippen molar-refractivity contribution < 1.29 is 24.2 Å². The molecule has 1 saturated heterocycles. The molecule has 0 radical (unpaired) electrons. The van der Waals surface area contributed by atoms with Gasteiger partial charge < -0.3 is 19.4 Å². The minimum atomic E-state index is -1.35. The van der Waals surface area contributed by atoms with E-state index in [4.69, 9.17) is 21.7 Å². The largest absolute Gasteiger partial charge is 0.548 e. The molecular formula is C21H18NO5S2-. The summed E-state index contributed by atoms with van der Waals surface area (Å²) in [6, 6.07) is 13.1. The first-order valence-electron chi connectivity index (χ1n) is 8.68. The van der Waals surface area contributed by atoms with Gasteiger partial charge in [-0.25, -0.2) is 0 Å². The zero-order chi connectivity index (χ0) is 21.0. The Kier molecular flexibility index (Phi) is 6.56. The second-order valence-corrected chi connectivity index (χ2v) is 7.86. The molecular weight excluding hydrogens is 410 g/mol. The van der Waals surface area contributed by atoms with Crippen molar-refractivity contribution in [2.24, 2.45) is 0 Å². The highest BCUT2D eigenvalue weighted by atomic mass is 32.2. The number of benzene rings is 2. The molecule has 1 aliphatic rings. The highest BCUT2D eigenvalue weighted by molar-refractivity contribution is 8.26. The molecule has 0 saturated carbocycles. The number of carboxylic acid groups (broad SMARTS) is 1. The van der Waals surface area contributed by atoms with Crippen LogP contribution in [0.2, 0.25) is 0 Å². The molecule has 6 nitrogen and oxygen atoms in total. The lowest BCUT2D eigenvalue weighted by Gasteiger charge is -2.27. The number of rotatable bonds is 7. The van der Waals surface area contributed by atoms with Gasteiger partial charge in [-0.05, 0) is 30.2 Å². The zero-order valence-corrected chi connectivity index (χ0v) is 17.4. The fraction of sp³-hybridized carbons (Fsp3) is 0.190. The number of methoxy groups -OCH3 is 2. The summed E-state index contributed by atoms with van der Waals surface area (Å²) in [4.78, 5) is 26.2. The second-order valence-electron chi connectivity index (χ2n) is 6.18. The Balaban J connectivity index is 1.90. The number of aliphatic carboxylic acids is 1. The Morgan fingerprint density at radius 2 is 1.93 bits per heavy atom. The maximum atomic E-state index is 13.0. The summed E-state index contributed by atoms with van der Waals surface area (Å²) >= 11 is 6.36. The van der Waals surface area contributed by atoms with Crippen molar-refractivity contribution in [3.63, 3.8) is 0 Å². The molecule has 0 N–H and O–H groups in total. The molecule has 29 heavy (non-hydrogen) atoms. The molecule has 0 spiro atoms. The van der Waals surface area contributed by atoms with Crippen molar-refractivity contribution in [2.75, 3.05) is 14.2 Å². The van der Waals surface area contributed by atoms with Gasteiger partial charge in [0.1, 0.15) is 15.8 Å². The normalized spacial score (nSPS) is 16.2. The first kappa shape index (κ1) is 20.9. The van der Waals surface area contributed by atoms with Gasteiger partial charge in [0.25, 0.3) is 5.91 Å². The Labute approximate surface area is 178 Å². The van der Waals surface area contributed by atoms with Crippen LogP contribution in [0.15, 0.2) is 53.4 Å². The topological polar surface area (TPSA) is 78.9 Å². The Hall–Kier alpha value is -2.84. The van der Waals surface area contributed by atoms with Crippen LogP contribution in [0.5, 0.6) is 11.5 Å². The van der Waals surface area contributed by atoms with Gasteiger partial charge in [-0.2, -0.15) is 0 Å². The molecule has 2 aromatic carbocycles. The predicted octanol–water partition coefficient (Wildman–Crippen LogP) is 2.27. The first-order valence-corrected chi connectivity index (χ1v) is 9.91. The third kappa shape index (κ3) is 4.60. The molecule has 0 unspecified atom stereocenters. The molecule has 1 atom stereocenters. The number of thioether (sulfide) groups is 1. The van der Waals surface area contributed by atoms with Gasteiger partial charge in [-0.3, -0.25) is 9.69 Å². The van der Waals surface area contributed by atoms with Crippen molar-refractivity contribution >= 4 is 46.3 Å². The van der Waals surface area contributed by atoms with Crippen molar-refractivity contribution in [1.29, 1.82) is 0 Å². The predicted molar refractivity (Wildman–Crippen MR) is 113 cm³/mol. The smallest absolute Gasteiger partial charge is 0.266 e. The lowest BCUT2D eigenvalue weighted by atomic mass is 10.0. The summed E-state index contributed by atoms with van der Waals surface area (Å²) in [6.45, 7) is 0. The fourth-order valence-corrected chi connectivity index (χ4v) is 4.29. The van der Waals surface area contributed by atoms with Crippen molar-refractivity contribution in [3.05, 3.63) is 64.6 Å². The lowest BCUT2D eigenvalue weighted by molar-refractivity contribution is -0.310. The van der Waals surface area contributed by atoms with Crippen LogP contribution < -0.4 is 14.6 Å². The van der Waals surface area contributed by atoms with E-state index in [-0.39, 0.29) is 10.7 Å². The molecule has 2 aromatic rings. The van der Waals surface area contributed by atoms with E-state index in [0.717, 1.165) is 22.2 Å². The van der Waals surface area contributed by atoms with E-state index in [0.29, 0.717) is 22.0 Å². The maximum absolute atomic E-state index is 13.0. The van der Waals surface area contributed by atoms with Gasteiger partial charge in [-0.15, -0.1) is 0 Å². The quantitative estimate of drug-likeness (QED) is 0.494. The third-order valence-corrected chi connectivity index (χ3v) is 5.74. The summed E-state index contributed by atoms with van der Waals surface area (Å²) in [5, 5.41) is 11.8. The minimum absolute atomic E-state index is 0.106. The average molecular weight is 429 g/mol. The van der Waals surface area contributed by atoms with Crippen LogP contribution in [0, 0.1) is 0 Å². The van der Waals surface area contributed by atoms with Crippen molar-refractivity contribution in [2.45, 2.75) is 12.5 Å². The van der Waals surface area contributed by atoms with Crippen LogP contribution in [0.4, 0.5) is 0 Å². The number of thiocarbonyl (C=S) groups is 1. The summed E-state index contributed by atoms with van der Waals surface area (Å²) in [5.41, 5.74) is 1.43. The lowest BCUT2D eigenvalue weighted by Crippen LogP contribution is -2.51. The number of carboxylic acids is 1. The third-order valence-electron chi connectivity index (χ3n) is 4.41. The number of carbonyl (C=O) groups is 2. The highest BCUT2D eigenvalue weighted by Crippen LogP contribution is 2.36. The van der Waals surface area contributed by atoms with Crippen molar-refractivity contribution in [1.82, 2.24) is 4.90 Å². The molecule has 3 rings (SSSR count). The van der Waals surface area contributed by atoms with E-state index >= 15 is 0 Å². The van der Waals surface area contributed by atoms with Crippen molar-refractivity contribution in [3.8, 4) is 11.5 Å². The summed E-state index contributed by atoms with van der Waals surface area (Å²) < 4.78 is 10.7. The van der Waals surface area contributed by atoms with E-state index in [1.54, 1.807) is 43.5 Å². The van der Waals surface area contributed by atoms with Gasteiger partial charge in [0.05, 0.1) is 31.1 Å². The first-order chi connectivity index (χ1) is 13.9. The van der Waals surface area contributed by atoms with E-state index in [2.05, 4.69) is 0 Å². The van der Waals surface area contributed by atoms with Crippen LogP contribution in [0.1, 0.15) is 11.1 Å². The number of amides is 1. The number of hydrogen-bond donors (Lipinski definition) is 0. The standard InChI is InChI=1S/C21H19NO5S2/c1-26-15-9-8-14(17(12-15)27-2)11-18-19(23)22(21(28)29-18)16(20(24)25)10-13-6-4-3-5-7-13/h3-9,11-12,16H,10H2,1-2H3,(H,24,25)/p-1/b18-11+/t16-/m1/s1. The van der Waals surface area contributed by atoms with E-state index in [9.17, 15) is 14.7 Å². The minimum Gasteiger partial charge on any atom is -0.548 e. The van der Waals surface area contributed by atoms with Gasteiger partial charge in [0, 0.05) is 11.6 Å². The highest BCUT2D eigenvalue weighted by Gasteiger charge is 2.38. The summed E-state index contributed by atoms with van der Waals surface area (Å²) in [7, 11) is 3.07. The number of carbonyl (C=O) groups excluding carboxylic acids is 2. The van der Waals surface area contributed by atoms with Crippen LogP contribution >= 0.6 is 24.0 Å². The maximum Gasteiger partial charge on any atom is 0.266 e. The SMILES string of the molecule is COc1ccc(/C=C2/SC(=S)N([C@H](Cc3ccccc3)C(=O)[O-])C2=O)c(OC)c1. The molecule has 1 heterocycles. The fourth-order valence-electron chi connectivity index (χ4n) is 2.94. The summed E-state index contributed by atoms with van der Waals surface area (Å²) in [5.74, 6) is -0.682. The van der Waals surface area contributed by atoms with Crippen LogP contribution in [0.3, 0.4) is 0 Å². The van der Waals surface area contributed by atoms with Gasteiger partial charge in [0.2, 0.25) is 0 Å². The molecule has 150 valence electrons. The van der Waals surface area contributed by atoms with Gasteiger partial charge >= 0.3 is 0 Å². The zero-order valence-electron chi connectivity index (χ0n) is 15.8. The molecule has 8 heteroatoms. The van der Waals surface area contributed by atoms with Gasteiger partial charge in [-0.1, -0.05) is 54.3 Å². The molecule has 0 bridgehead atoms. The number of nitrogens with zero attached hydrogens (tertiary/aromatic N) is 1. The average Bonchev–Trinajstić information content (AvgIpc) is 3.00. The van der Waals surface area contributed by atoms with Crippen LogP contribution in [-0.2, 0) is 16.0 Å². The molecule has 0 aromatic heterocycles. The molecule has 0 aliphatic carbocycles. The van der Waals surface area contributed by atoms with Gasteiger partial charge in [0.15, 0.2) is 0 Å². The number of ether oxygens (including phenoxy) is 2. The van der Waals surface area contributed by atoms with E-state index < -0.39 is 17.9 Å². The van der Waals surface area contributed by atoms with Crippen LogP contribution in [0.25, 0.3) is 6.08 Å². The molecule has 1 amide bonds. The monoisotopic (exact) mass is 428 g/mol. The summed E-state index contributed by atoms with van der Waals surface area (Å²) in [6.07, 6.45) is 1.74.